The summed E-state index contributed by atoms with van der Waals surface area (Å²) >= 11 is 0. The Labute approximate surface area is 169 Å². The Balaban J connectivity index is 1.46. The van der Waals surface area contributed by atoms with E-state index in [1.165, 1.54) is 29.8 Å². The van der Waals surface area contributed by atoms with Gasteiger partial charge in [0.15, 0.2) is 0 Å². The molecule has 6 nitrogen and oxygen atoms in total. The molecule has 4 rings (SSSR count). The maximum Gasteiger partial charge on any atom is 0.258 e. The molecule has 1 heterocycles. The van der Waals surface area contributed by atoms with E-state index in [4.69, 9.17) is 0 Å². The van der Waals surface area contributed by atoms with Crippen molar-refractivity contribution in [2.75, 3.05) is 5.32 Å². The number of benzene rings is 2. The molecule has 2 amide bonds. The van der Waals surface area contributed by atoms with Gasteiger partial charge in [-0.05, 0) is 55.0 Å². The fraction of sp³-hybridized carbons (Fsp3) is 0.217. The number of rotatable bonds is 4. The maximum absolute atomic E-state index is 12.8. The smallest absolute Gasteiger partial charge is 0.258 e. The lowest BCUT2D eigenvalue weighted by Crippen LogP contribution is -2.38. The number of carbonyl (C=O) groups is 2. The number of aromatic nitrogens is 2. The lowest BCUT2D eigenvalue weighted by Gasteiger charge is -2.25. The van der Waals surface area contributed by atoms with E-state index in [-0.39, 0.29) is 17.9 Å². The van der Waals surface area contributed by atoms with E-state index in [9.17, 15) is 9.59 Å². The first kappa shape index (κ1) is 18.8. The standard InChI is InChI=1S/C23H22N4O2/c1-15-6-7-18(11-21(15)27-23(29)19-12-24-14-25-13-19)22(28)26-20-9-8-16-4-2-3-5-17(16)10-20/h2-7,11-14,20H,8-10H2,1H3,(H,26,28)(H,27,29). The second-order valence-corrected chi connectivity index (χ2v) is 7.29. The predicted octanol–water partition coefficient (Wildman–Crippen LogP) is 3.32. The van der Waals surface area contributed by atoms with Crippen LogP contribution in [0.1, 0.15) is 43.8 Å². The maximum atomic E-state index is 12.8. The molecule has 0 aliphatic heterocycles. The van der Waals surface area contributed by atoms with Crippen molar-refractivity contribution >= 4 is 17.5 Å². The van der Waals surface area contributed by atoms with Crippen molar-refractivity contribution < 1.29 is 9.59 Å². The molecule has 0 bridgehead atoms. The summed E-state index contributed by atoms with van der Waals surface area (Å²) in [6.07, 6.45) is 7.01. The molecule has 2 aromatic carbocycles. The molecule has 0 fully saturated rings. The average molecular weight is 386 g/mol. The van der Waals surface area contributed by atoms with E-state index < -0.39 is 0 Å². The SMILES string of the molecule is Cc1ccc(C(=O)NC2CCc3ccccc3C2)cc1NC(=O)c1cncnc1. The monoisotopic (exact) mass is 386 g/mol. The van der Waals surface area contributed by atoms with Gasteiger partial charge in [0.2, 0.25) is 0 Å². The number of carbonyl (C=O) groups excluding carboxylic acids is 2. The summed E-state index contributed by atoms with van der Waals surface area (Å²) in [6.45, 7) is 1.89. The number of nitrogens with zero attached hydrogens (tertiary/aromatic N) is 2. The first-order valence-corrected chi connectivity index (χ1v) is 9.65. The van der Waals surface area contributed by atoms with E-state index in [0.717, 1.165) is 24.8 Å². The molecule has 1 aromatic heterocycles. The number of hydrogen-bond acceptors (Lipinski definition) is 4. The molecule has 3 aromatic rings. The Morgan fingerprint density at radius 2 is 1.72 bits per heavy atom. The van der Waals surface area contributed by atoms with Crippen molar-refractivity contribution in [1.29, 1.82) is 0 Å². The Hall–Kier alpha value is -3.54. The fourth-order valence-electron chi connectivity index (χ4n) is 3.60. The van der Waals surface area contributed by atoms with Crippen molar-refractivity contribution in [3.63, 3.8) is 0 Å². The second-order valence-electron chi connectivity index (χ2n) is 7.29. The van der Waals surface area contributed by atoms with Crippen molar-refractivity contribution in [2.24, 2.45) is 0 Å². The molecular formula is C23H22N4O2. The molecular weight excluding hydrogens is 364 g/mol. The normalized spacial score (nSPS) is 15.3. The van der Waals surface area contributed by atoms with Gasteiger partial charge in [0.05, 0.1) is 5.56 Å². The van der Waals surface area contributed by atoms with Gasteiger partial charge in [0.1, 0.15) is 6.33 Å². The molecule has 0 saturated heterocycles. The third-order valence-electron chi connectivity index (χ3n) is 5.25. The van der Waals surface area contributed by atoms with E-state index >= 15 is 0 Å². The first-order chi connectivity index (χ1) is 14.1. The van der Waals surface area contributed by atoms with Crippen molar-refractivity contribution in [3.8, 4) is 0 Å². The minimum atomic E-state index is -0.310. The van der Waals surface area contributed by atoms with Gasteiger partial charge in [-0.25, -0.2) is 9.97 Å². The molecule has 1 aliphatic rings. The predicted molar refractivity (Wildman–Crippen MR) is 111 cm³/mol. The first-order valence-electron chi connectivity index (χ1n) is 9.65. The minimum absolute atomic E-state index is 0.109. The number of nitrogens with one attached hydrogen (secondary N) is 2. The lowest BCUT2D eigenvalue weighted by molar-refractivity contribution is 0.0932. The van der Waals surface area contributed by atoms with Crippen LogP contribution in [0, 0.1) is 6.92 Å². The average Bonchev–Trinajstić information content (AvgIpc) is 2.75. The number of amides is 2. The van der Waals surface area contributed by atoms with Crippen LogP contribution in [-0.2, 0) is 12.8 Å². The Kier molecular flexibility index (Phi) is 5.33. The topological polar surface area (TPSA) is 84.0 Å². The fourth-order valence-corrected chi connectivity index (χ4v) is 3.60. The zero-order valence-electron chi connectivity index (χ0n) is 16.2. The Bertz CT molecular complexity index is 1050. The third kappa shape index (κ3) is 4.32. The minimum Gasteiger partial charge on any atom is -0.349 e. The molecule has 146 valence electrons. The van der Waals surface area contributed by atoms with Crippen LogP contribution >= 0.6 is 0 Å². The van der Waals surface area contributed by atoms with E-state index in [0.29, 0.717) is 16.8 Å². The molecule has 1 unspecified atom stereocenters. The lowest BCUT2D eigenvalue weighted by atomic mass is 9.88. The van der Waals surface area contributed by atoms with Crippen LogP contribution in [0.5, 0.6) is 0 Å². The molecule has 0 radical (unpaired) electrons. The number of anilines is 1. The zero-order chi connectivity index (χ0) is 20.2. The van der Waals surface area contributed by atoms with Gasteiger partial charge in [0, 0.05) is 29.7 Å². The molecule has 2 N–H and O–H groups in total. The highest BCUT2D eigenvalue weighted by Gasteiger charge is 2.21. The van der Waals surface area contributed by atoms with Crippen molar-refractivity contribution in [2.45, 2.75) is 32.2 Å². The van der Waals surface area contributed by atoms with Gasteiger partial charge in [-0.1, -0.05) is 30.3 Å². The quantitative estimate of drug-likeness (QED) is 0.720. The van der Waals surface area contributed by atoms with Gasteiger partial charge in [0.25, 0.3) is 11.8 Å². The number of aryl methyl sites for hydroxylation is 2. The third-order valence-corrected chi connectivity index (χ3v) is 5.25. The molecule has 0 spiro atoms. The van der Waals surface area contributed by atoms with E-state index in [2.05, 4.69) is 38.8 Å². The van der Waals surface area contributed by atoms with Crippen LogP contribution in [0.25, 0.3) is 0 Å². The van der Waals surface area contributed by atoms with Crippen molar-refractivity contribution in [1.82, 2.24) is 15.3 Å². The highest BCUT2D eigenvalue weighted by molar-refractivity contribution is 6.05. The van der Waals surface area contributed by atoms with Gasteiger partial charge in [-0.15, -0.1) is 0 Å². The summed E-state index contributed by atoms with van der Waals surface area (Å²) in [5.74, 6) is -0.442. The largest absolute Gasteiger partial charge is 0.349 e. The molecule has 0 saturated carbocycles. The van der Waals surface area contributed by atoms with Crippen LogP contribution in [0.15, 0.2) is 61.2 Å². The summed E-state index contributed by atoms with van der Waals surface area (Å²) in [4.78, 5) is 32.9. The summed E-state index contributed by atoms with van der Waals surface area (Å²) in [5.41, 5.74) is 5.02. The molecule has 1 atom stereocenters. The van der Waals surface area contributed by atoms with Crippen LogP contribution in [0.4, 0.5) is 5.69 Å². The van der Waals surface area contributed by atoms with Gasteiger partial charge in [-0.3, -0.25) is 9.59 Å². The van der Waals surface area contributed by atoms with E-state index in [1.807, 2.05) is 19.1 Å². The number of hydrogen-bond donors (Lipinski definition) is 2. The Morgan fingerprint density at radius 3 is 2.52 bits per heavy atom. The zero-order valence-corrected chi connectivity index (χ0v) is 16.2. The van der Waals surface area contributed by atoms with Crippen LogP contribution in [0.3, 0.4) is 0 Å². The van der Waals surface area contributed by atoms with Gasteiger partial charge >= 0.3 is 0 Å². The molecule has 6 heteroatoms. The summed E-state index contributed by atoms with van der Waals surface area (Å²) in [6, 6.07) is 13.8. The Morgan fingerprint density at radius 1 is 0.966 bits per heavy atom. The molecule has 1 aliphatic carbocycles. The number of fused-ring (bicyclic) bond motifs is 1. The van der Waals surface area contributed by atoms with Gasteiger partial charge in [-0.2, -0.15) is 0 Å². The van der Waals surface area contributed by atoms with Crippen LogP contribution in [-0.4, -0.2) is 27.8 Å². The van der Waals surface area contributed by atoms with Gasteiger partial charge < -0.3 is 10.6 Å². The van der Waals surface area contributed by atoms with Crippen molar-refractivity contribution in [3.05, 3.63) is 89.0 Å². The van der Waals surface area contributed by atoms with Crippen LogP contribution in [0.2, 0.25) is 0 Å². The van der Waals surface area contributed by atoms with E-state index in [1.54, 1.807) is 12.1 Å². The molecule has 29 heavy (non-hydrogen) atoms. The summed E-state index contributed by atoms with van der Waals surface area (Å²) in [7, 11) is 0. The highest BCUT2D eigenvalue weighted by Crippen LogP contribution is 2.22. The summed E-state index contributed by atoms with van der Waals surface area (Å²) < 4.78 is 0. The highest BCUT2D eigenvalue weighted by atomic mass is 16.2. The second kappa shape index (κ2) is 8.22. The summed E-state index contributed by atoms with van der Waals surface area (Å²) in [5, 5.41) is 5.98. The van der Waals surface area contributed by atoms with Crippen LogP contribution < -0.4 is 10.6 Å².